The van der Waals surface area contributed by atoms with Crippen LogP contribution in [-0.2, 0) is 0 Å². The molecule has 0 aromatic carbocycles. The van der Waals surface area contributed by atoms with Crippen LogP contribution in [0.5, 0.6) is 0 Å². The lowest BCUT2D eigenvalue weighted by atomic mass is 9.93. The average Bonchev–Trinajstić information content (AvgIpc) is 2.26. The van der Waals surface area contributed by atoms with E-state index in [1.54, 1.807) is 5.57 Å². The third-order valence-electron chi connectivity index (χ3n) is 3.42. The smallest absolute Gasteiger partial charge is 0.0346 e. The molecule has 0 heterocycles. The van der Waals surface area contributed by atoms with Crippen LogP contribution in [0.2, 0.25) is 0 Å². The molecule has 0 aromatic heterocycles. The molecule has 0 amide bonds. The van der Waals surface area contributed by atoms with Crippen molar-refractivity contribution in [2.45, 2.75) is 79.1 Å². The summed E-state index contributed by atoms with van der Waals surface area (Å²) >= 11 is 0. The zero-order chi connectivity index (χ0) is 11.5. The second-order valence-corrected chi connectivity index (χ2v) is 4.75. The molecule has 0 fully saturated rings. The number of rotatable bonds is 9. The summed E-state index contributed by atoms with van der Waals surface area (Å²) in [6.45, 7) is 9.11. The molecule has 90 valence electrons. The minimum Gasteiger partial charge on any atom is -0.0856 e. The van der Waals surface area contributed by atoms with Gasteiger partial charge in [0.25, 0.3) is 0 Å². The maximum Gasteiger partial charge on any atom is -0.0346 e. The Morgan fingerprint density at radius 1 is 1.07 bits per heavy atom. The highest BCUT2D eigenvalue weighted by molar-refractivity contribution is 4.96. The second-order valence-electron chi connectivity index (χ2n) is 4.75. The first-order valence-corrected chi connectivity index (χ1v) is 6.90. The van der Waals surface area contributed by atoms with Gasteiger partial charge in [0.15, 0.2) is 0 Å². The van der Waals surface area contributed by atoms with Crippen molar-refractivity contribution < 1.29 is 0 Å². The van der Waals surface area contributed by atoms with Crippen LogP contribution >= 0.6 is 0 Å². The molecule has 0 aliphatic rings. The van der Waals surface area contributed by atoms with Gasteiger partial charge in [0.2, 0.25) is 0 Å². The van der Waals surface area contributed by atoms with E-state index in [0.29, 0.717) is 0 Å². The quantitative estimate of drug-likeness (QED) is 0.337. The van der Waals surface area contributed by atoms with Crippen LogP contribution in [0.3, 0.4) is 0 Å². The van der Waals surface area contributed by atoms with Gasteiger partial charge in [0.05, 0.1) is 0 Å². The van der Waals surface area contributed by atoms with Gasteiger partial charge in [-0.05, 0) is 32.1 Å². The molecule has 0 saturated carbocycles. The number of hydrogen-bond donors (Lipinski definition) is 0. The fourth-order valence-corrected chi connectivity index (χ4v) is 1.95. The van der Waals surface area contributed by atoms with Crippen LogP contribution in [0.4, 0.5) is 0 Å². The Kier molecular flexibility index (Phi) is 10.1. The normalized spacial score (nSPS) is 14.3. The summed E-state index contributed by atoms with van der Waals surface area (Å²) in [7, 11) is 0. The molecule has 0 spiro atoms. The van der Waals surface area contributed by atoms with E-state index in [2.05, 4.69) is 33.8 Å². The van der Waals surface area contributed by atoms with Crippen LogP contribution in [0, 0.1) is 5.92 Å². The molecule has 0 N–H and O–H groups in total. The molecule has 0 saturated heterocycles. The number of allylic oxidation sites excluding steroid dienone is 2. The third kappa shape index (κ3) is 8.72. The van der Waals surface area contributed by atoms with E-state index in [0.717, 1.165) is 5.92 Å². The fraction of sp³-hybridized carbons (Fsp3) is 0.867. The van der Waals surface area contributed by atoms with Crippen molar-refractivity contribution in [1.82, 2.24) is 0 Å². The highest BCUT2D eigenvalue weighted by atomic mass is 14.1. The second kappa shape index (κ2) is 10.3. The lowest BCUT2D eigenvalue weighted by Crippen LogP contribution is -1.98. The fourth-order valence-electron chi connectivity index (χ4n) is 1.95. The molecule has 0 rings (SSSR count). The van der Waals surface area contributed by atoms with E-state index < -0.39 is 0 Å². The Labute approximate surface area is 97.2 Å². The van der Waals surface area contributed by atoms with Crippen LogP contribution in [0.15, 0.2) is 11.6 Å². The Hall–Kier alpha value is -0.260. The zero-order valence-corrected chi connectivity index (χ0v) is 11.3. The summed E-state index contributed by atoms with van der Waals surface area (Å²) in [5.41, 5.74) is 1.55. The maximum atomic E-state index is 2.43. The van der Waals surface area contributed by atoms with E-state index in [1.807, 2.05) is 0 Å². The van der Waals surface area contributed by atoms with Crippen molar-refractivity contribution in [3.63, 3.8) is 0 Å². The van der Waals surface area contributed by atoms with Crippen LogP contribution in [-0.4, -0.2) is 0 Å². The molecule has 1 unspecified atom stereocenters. The Morgan fingerprint density at radius 2 is 1.80 bits per heavy atom. The highest BCUT2D eigenvalue weighted by Gasteiger charge is 2.04. The first kappa shape index (κ1) is 14.7. The Bertz CT molecular complexity index is 155. The lowest BCUT2D eigenvalue weighted by Gasteiger charge is -2.13. The monoisotopic (exact) mass is 210 g/mol. The SMILES string of the molecule is CCCCCC(CC)CC/C=C(\C)CC. The molecule has 0 aliphatic heterocycles. The molecule has 0 aromatic rings. The van der Waals surface area contributed by atoms with Gasteiger partial charge in [-0.15, -0.1) is 0 Å². The molecular weight excluding hydrogens is 180 g/mol. The summed E-state index contributed by atoms with van der Waals surface area (Å²) in [6.07, 6.45) is 13.4. The number of unbranched alkanes of at least 4 members (excludes halogenated alkanes) is 2. The highest BCUT2D eigenvalue weighted by Crippen LogP contribution is 2.19. The minimum absolute atomic E-state index is 0.970. The maximum absolute atomic E-state index is 2.43. The van der Waals surface area contributed by atoms with Gasteiger partial charge >= 0.3 is 0 Å². The third-order valence-corrected chi connectivity index (χ3v) is 3.42. The molecule has 1 atom stereocenters. The summed E-state index contributed by atoms with van der Waals surface area (Å²) in [5, 5.41) is 0. The Morgan fingerprint density at radius 3 is 2.33 bits per heavy atom. The van der Waals surface area contributed by atoms with Crippen molar-refractivity contribution in [2.24, 2.45) is 5.92 Å². The van der Waals surface area contributed by atoms with Crippen LogP contribution in [0.1, 0.15) is 79.1 Å². The van der Waals surface area contributed by atoms with Crippen molar-refractivity contribution in [1.29, 1.82) is 0 Å². The summed E-state index contributed by atoms with van der Waals surface area (Å²) < 4.78 is 0. The standard InChI is InChI=1S/C15H30/c1-5-8-9-12-15(7-3)13-10-11-14(4)6-2/h11,15H,5-10,12-13H2,1-4H3/b14-11+. The van der Waals surface area contributed by atoms with E-state index >= 15 is 0 Å². The van der Waals surface area contributed by atoms with E-state index in [1.165, 1.54) is 51.4 Å². The van der Waals surface area contributed by atoms with Gasteiger partial charge < -0.3 is 0 Å². The van der Waals surface area contributed by atoms with Crippen molar-refractivity contribution in [3.8, 4) is 0 Å². The number of hydrogen-bond acceptors (Lipinski definition) is 0. The van der Waals surface area contributed by atoms with Gasteiger partial charge in [0, 0.05) is 0 Å². The average molecular weight is 210 g/mol. The van der Waals surface area contributed by atoms with Crippen molar-refractivity contribution in [2.75, 3.05) is 0 Å². The van der Waals surface area contributed by atoms with Gasteiger partial charge in [-0.1, -0.05) is 64.5 Å². The van der Waals surface area contributed by atoms with Crippen LogP contribution in [0.25, 0.3) is 0 Å². The predicted octanol–water partition coefficient (Wildman–Crippen LogP) is 5.73. The molecule has 0 bridgehead atoms. The summed E-state index contributed by atoms with van der Waals surface area (Å²) in [6, 6.07) is 0. The van der Waals surface area contributed by atoms with Gasteiger partial charge in [-0.3, -0.25) is 0 Å². The van der Waals surface area contributed by atoms with E-state index in [9.17, 15) is 0 Å². The largest absolute Gasteiger partial charge is 0.0856 e. The molecule has 0 nitrogen and oxygen atoms in total. The van der Waals surface area contributed by atoms with Gasteiger partial charge in [0.1, 0.15) is 0 Å². The first-order valence-electron chi connectivity index (χ1n) is 6.90. The first-order chi connectivity index (χ1) is 7.24. The predicted molar refractivity (Wildman–Crippen MR) is 71.2 cm³/mol. The lowest BCUT2D eigenvalue weighted by molar-refractivity contribution is 0.419. The summed E-state index contributed by atoms with van der Waals surface area (Å²) in [4.78, 5) is 0. The molecular formula is C15H30. The molecule has 0 heteroatoms. The zero-order valence-electron chi connectivity index (χ0n) is 11.3. The topological polar surface area (TPSA) is 0 Å². The van der Waals surface area contributed by atoms with Crippen molar-refractivity contribution >= 4 is 0 Å². The Balaban J connectivity index is 3.61. The molecule has 15 heavy (non-hydrogen) atoms. The molecule has 0 radical (unpaired) electrons. The van der Waals surface area contributed by atoms with Crippen LogP contribution < -0.4 is 0 Å². The van der Waals surface area contributed by atoms with Gasteiger partial charge in [-0.25, -0.2) is 0 Å². The summed E-state index contributed by atoms with van der Waals surface area (Å²) in [5.74, 6) is 0.970. The van der Waals surface area contributed by atoms with E-state index in [4.69, 9.17) is 0 Å². The molecule has 0 aliphatic carbocycles. The van der Waals surface area contributed by atoms with Gasteiger partial charge in [-0.2, -0.15) is 0 Å². The minimum atomic E-state index is 0.970. The van der Waals surface area contributed by atoms with Crippen molar-refractivity contribution in [3.05, 3.63) is 11.6 Å². The van der Waals surface area contributed by atoms with E-state index in [-0.39, 0.29) is 0 Å².